The van der Waals surface area contributed by atoms with Crippen molar-refractivity contribution in [1.29, 1.82) is 0 Å². The van der Waals surface area contributed by atoms with Gasteiger partial charge in [-0.25, -0.2) is 4.39 Å². The molecular weight excluding hydrogens is 413 g/mol. The van der Waals surface area contributed by atoms with Gasteiger partial charge in [-0.1, -0.05) is 12.1 Å². The monoisotopic (exact) mass is 433 g/mol. The quantitative estimate of drug-likeness (QED) is 0.365. The summed E-state index contributed by atoms with van der Waals surface area (Å²) in [5, 5.41) is 11.1. The first-order valence-electron chi connectivity index (χ1n) is 9.79. The summed E-state index contributed by atoms with van der Waals surface area (Å²) in [6.45, 7) is 0. The summed E-state index contributed by atoms with van der Waals surface area (Å²) in [6, 6.07) is 17.6. The van der Waals surface area contributed by atoms with Crippen LogP contribution < -0.4 is 14.4 Å². The SMILES string of the molecule is COc1ccc(C(O)=C2C(=O)C(=O)N(c3ccc(OC)cc3)[C@@H]2c2ccc(F)cc2)cc1. The van der Waals surface area contributed by atoms with E-state index < -0.39 is 23.5 Å². The number of carbonyl (C=O) groups excluding carboxylic acids is 2. The van der Waals surface area contributed by atoms with Crippen LogP contribution in [0.2, 0.25) is 0 Å². The number of anilines is 1. The predicted octanol–water partition coefficient (Wildman–Crippen LogP) is 4.47. The topological polar surface area (TPSA) is 76.1 Å². The van der Waals surface area contributed by atoms with Crippen molar-refractivity contribution in [3.8, 4) is 11.5 Å². The third-order valence-corrected chi connectivity index (χ3v) is 5.34. The third kappa shape index (κ3) is 3.69. The first-order valence-corrected chi connectivity index (χ1v) is 9.79. The van der Waals surface area contributed by atoms with Gasteiger partial charge in [0.05, 0.1) is 25.8 Å². The number of methoxy groups -OCH3 is 2. The molecule has 0 aliphatic carbocycles. The van der Waals surface area contributed by atoms with Crippen LogP contribution in [-0.4, -0.2) is 31.0 Å². The fraction of sp³-hybridized carbons (Fsp3) is 0.120. The second-order valence-corrected chi connectivity index (χ2v) is 7.15. The maximum Gasteiger partial charge on any atom is 0.300 e. The fourth-order valence-corrected chi connectivity index (χ4v) is 3.71. The normalized spacial score (nSPS) is 17.5. The van der Waals surface area contributed by atoms with Crippen LogP contribution in [0.4, 0.5) is 10.1 Å². The molecule has 0 radical (unpaired) electrons. The molecule has 0 unspecified atom stereocenters. The molecule has 4 rings (SSSR count). The van der Waals surface area contributed by atoms with Gasteiger partial charge in [-0.2, -0.15) is 0 Å². The minimum atomic E-state index is -0.939. The van der Waals surface area contributed by atoms with Crippen molar-refractivity contribution in [2.45, 2.75) is 6.04 Å². The van der Waals surface area contributed by atoms with Gasteiger partial charge in [-0.15, -0.1) is 0 Å². The first kappa shape index (κ1) is 21.1. The summed E-state index contributed by atoms with van der Waals surface area (Å²) < 4.78 is 23.9. The molecule has 0 aromatic heterocycles. The molecule has 1 heterocycles. The summed E-state index contributed by atoms with van der Waals surface area (Å²) in [7, 11) is 3.04. The Morgan fingerprint density at radius 2 is 1.38 bits per heavy atom. The number of aliphatic hydroxyl groups excluding tert-OH is 1. The van der Waals surface area contributed by atoms with Crippen LogP contribution in [0.3, 0.4) is 0 Å². The molecule has 6 nitrogen and oxygen atoms in total. The molecule has 32 heavy (non-hydrogen) atoms. The van der Waals surface area contributed by atoms with Crippen molar-refractivity contribution in [1.82, 2.24) is 0 Å². The summed E-state index contributed by atoms with van der Waals surface area (Å²) in [5.41, 5.74) is 1.20. The van der Waals surface area contributed by atoms with Crippen molar-refractivity contribution in [2.24, 2.45) is 0 Å². The zero-order valence-corrected chi connectivity index (χ0v) is 17.4. The number of aliphatic hydroxyl groups is 1. The van der Waals surface area contributed by atoms with E-state index in [2.05, 4.69) is 0 Å². The van der Waals surface area contributed by atoms with E-state index in [1.807, 2.05) is 0 Å². The summed E-state index contributed by atoms with van der Waals surface area (Å²) >= 11 is 0. The Labute approximate surface area is 184 Å². The Kier molecular flexibility index (Phi) is 5.64. The number of Topliss-reactive ketones (excluding diaryl/α,β-unsaturated/α-hetero) is 1. The van der Waals surface area contributed by atoms with E-state index in [-0.39, 0.29) is 11.3 Å². The number of hydrogen-bond donors (Lipinski definition) is 1. The summed E-state index contributed by atoms with van der Waals surface area (Å²) in [6.07, 6.45) is 0. The predicted molar refractivity (Wildman–Crippen MR) is 117 cm³/mol. The lowest BCUT2D eigenvalue weighted by Gasteiger charge is -2.25. The highest BCUT2D eigenvalue weighted by atomic mass is 19.1. The largest absolute Gasteiger partial charge is 0.507 e. The molecule has 0 spiro atoms. The molecule has 0 bridgehead atoms. The van der Waals surface area contributed by atoms with Crippen molar-refractivity contribution in [2.75, 3.05) is 19.1 Å². The molecule has 162 valence electrons. The van der Waals surface area contributed by atoms with Gasteiger partial charge in [0.15, 0.2) is 0 Å². The lowest BCUT2D eigenvalue weighted by Crippen LogP contribution is -2.29. The van der Waals surface area contributed by atoms with E-state index in [0.29, 0.717) is 28.3 Å². The molecular formula is C25H20FNO5. The highest BCUT2D eigenvalue weighted by Crippen LogP contribution is 2.42. The van der Waals surface area contributed by atoms with Crippen LogP contribution in [0.5, 0.6) is 11.5 Å². The zero-order chi connectivity index (χ0) is 22.8. The molecule has 1 aliphatic heterocycles. The Hall–Kier alpha value is -4.13. The van der Waals surface area contributed by atoms with Gasteiger partial charge in [0.1, 0.15) is 23.1 Å². The average molecular weight is 433 g/mol. The van der Waals surface area contributed by atoms with E-state index in [0.717, 1.165) is 0 Å². The number of rotatable bonds is 5. The van der Waals surface area contributed by atoms with Gasteiger partial charge in [0.25, 0.3) is 11.7 Å². The van der Waals surface area contributed by atoms with Crippen LogP contribution in [-0.2, 0) is 9.59 Å². The Balaban J connectivity index is 1.89. The lowest BCUT2D eigenvalue weighted by molar-refractivity contribution is -0.132. The summed E-state index contributed by atoms with van der Waals surface area (Å²) in [5.74, 6) is -1.23. The second kappa shape index (κ2) is 8.55. The summed E-state index contributed by atoms with van der Waals surface area (Å²) in [4.78, 5) is 27.4. The Bertz CT molecular complexity index is 1180. The molecule has 3 aromatic rings. The van der Waals surface area contributed by atoms with Gasteiger partial charge in [0, 0.05) is 11.3 Å². The van der Waals surface area contributed by atoms with Crippen LogP contribution in [0.25, 0.3) is 5.76 Å². The van der Waals surface area contributed by atoms with Gasteiger partial charge in [0.2, 0.25) is 0 Å². The highest BCUT2D eigenvalue weighted by Gasteiger charge is 2.46. The number of nitrogens with zero attached hydrogens (tertiary/aromatic N) is 1. The number of hydrogen-bond acceptors (Lipinski definition) is 5. The minimum Gasteiger partial charge on any atom is -0.507 e. The fourth-order valence-electron chi connectivity index (χ4n) is 3.71. The number of benzene rings is 3. The molecule has 1 N–H and O–H groups in total. The van der Waals surface area contributed by atoms with E-state index in [4.69, 9.17) is 9.47 Å². The standard InChI is InChI=1S/C25H20FNO5/c1-31-19-11-5-16(6-12-19)23(28)21-22(15-3-7-17(26)8-4-15)27(25(30)24(21)29)18-9-13-20(32-2)14-10-18/h3-14,22,28H,1-2H3/t22-/m1/s1. The van der Waals surface area contributed by atoms with Gasteiger partial charge in [-0.3, -0.25) is 14.5 Å². The molecule has 1 amide bonds. The number of ether oxygens (including phenoxy) is 2. The van der Waals surface area contributed by atoms with Gasteiger partial charge < -0.3 is 14.6 Å². The average Bonchev–Trinajstić information content (AvgIpc) is 3.09. The smallest absolute Gasteiger partial charge is 0.300 e. The van der Waals surface area contributed by atoms with Crippen molar-refractivity contribution >= 4 is 23.1 Å². The molecule has 1 saturated heterocycles. The van der Waals surface area contributed by atoms with Crippen LogP contribution in [0.1, 0.15) is 17.2 Å². The number of amides is 1. The van der Waals surface area contributed by atoms with Crippen LogP contribution in [0, 0.1) is 5.82 Å². The molecule has 3 aromatic carbocycles. The number of carbonyl (C=O) groups is 2. The minimum absolute atomic E-state index is 0.0809. The maximum atomic E-state index is 13.6. The van der Waals surface area contributed by atoms with E-state index in [9.17, 15) is 19.1 Å². The molecule has 1 fully saturated rings. The molecule has 0 saturated carbocycles. The van der Waals surface area contributed by atoms with E-state index in [1.54, 1.807) is 48.5 Å². The number of ketones is 1. The third-order valence-electron chi connectivity index (χ3n) is 5.34. The van der Waals surface area contributed by atoms with E-state index >= 15 is 0 Å². The molecule has 1 aliphatic rings. The van der Waals surface area contributed by atoms with Crippen LogP contribution in [0.15, 0.2) is 78.4 Å². The Morgan fingerprint density at radius 3 is 1.91 bits per heavy atom. The lowest BCUT2D eigenvalue weighted by atomic mass is 9.95. The van der Waals surface area contributed by atoms with Crippen molar-refractivity contribution < 1.29 is 28.6 Å². The first-order chi connectivity index (χ1) is 15.4. The van der Waals surface area contributed by atoms with Gasteiger partial charge >= 0.3 is 0 Å². The molecule has 7 heteroatoms. The van der Waals surface area contributed by atoms with Crippen LogP contribution >= 0.6 is 0 Å². The van der Waals surface area contributed by atoms with Crippen molar-refractivity contribution in [3.05, 3.63) is 95.3 Å². The van der Waals surface area contributed by atoms with E-state index in [1.165, 1.54) is 43.4 Å². The zero-order valence-electron chi connectivity index (χ0n) is 17.4. The Morgan fingerprint density at radius 1 is 0.844 bits per heavy atom. The maximum absolute atomic E-state index is 13.6. The second-order valence-electron chi connectivity index (χ2n) is 7.15. The van der Waals surface area contributed by atoms with Gasteiger partial charge in [-0.05, 0) is 66.2 Å². The molecule has 1 atom stereocenters. The number of halogens is 1. The highest BCUT2D eigenvalue weighted by molar-refractivity contribution is 6.51. The van der Waals surface area contributed by atoms with Crippen molar-refractivity contribution in [3.63, 3.8) is 0 Å².